The Morgan fingerprint density at radius 1 is 0.500 bits per heavy atom. The maximum Gasteiger partial charge on any atom is 0.213 e. The number of thiophene rings is 2. The Hall–Kier alpha value is -5.42. The lowest BCUT2D eigenvalue weighted by atomic mass is 9.71. The van der Waals surface area contributed by atoms with E-state index >= 15 is 0 Å². The summed E-state index contributed by atoms with van der Waals surface area (Å²) in [6.45, 7) is 4.41. The monoisotopic (exact) mass is 909 g/mol. The van der Waals surface area contributed by atoms with Crippen LogP contribution in [0.25, 0.3) is 84.4 Å². The average molecular weight is 909 g/mol. The minimum Gasteiger partial charge on any atom is -0.200 e. The Kier molecular flexibility index (Phi) is 8.98. The highest BCUT2D eigenvalue weighted by molar-refractivity contribution is 7.26. The van der Waals surface area contributed by atoms with Crippen LogP contribution in [0, 0.1) is 33.0 Å². The van der Waals surface area contributed by atoms with Gasteiger partial charge >= 0.3 is 0 Å². The molecule has 0 bridgehead atoms. The Bertz CT molecular complexity index is 3860. The van der Waals surface area contributed by atoms with E-state index in [1.54, 1.807) is 46.9 Å². The first-order chi connectivity index (χ1) is 34.9. The van der Waals surface area contributed by atoms with Crippen molar-refractivity contribution in [2.24, 2.45) is 19.5 Å². The molecule has 0 unspecified atom stereocenters. The summed E-state index contributed by atoms with van der Waals surface area (Å²) in [7, 11) is 4.11. The molecular weight excluding hydrogens is 837 g/mol. The third kappa shape index (κ3) is 8.13. The van der Waals surface area contributed by atoms with Gasteiger partial charge in [0, 0.05) is 63.8 Å². The van der Waals surface area contributed by atoms with Gasteiger partial charge < -0.3 is 0 Å². The minimum absolute atomic E-state index is 0.343. The van der Waals surface area contributed by atoms with E-state index in [-0.39, 0.29) is 0 Å². The van der Waals surface area contributed by atoms with E-state index in [1.807, 2.05) is 26.0 Å². The van der Waals surface area contributed by atoms with E-state index in [1.165, 1.54) is 68.3 Å². The van der Waals surface area contributed by atoms with Crippen LogP contribution in [0.4, 0.5) is 0 Å². The maximum atomic E-state index is 9.23. The van der Waals surface area contributed by atoms with Crippen LogP contribution in [0.15, 0.2) is 122 Å². The molecule has 332 valence electrons. The van der Waals surface area contributed by atoms with Gasteiger partial charge in [-0.25, -0.2) is 9.13 Å². The van der Waals surface area contributed by atoms with Crippen molar-refractivity contribution in [3.63, 3.8) is 0 Å². The fraction of sp³-hybridized carbons (Fsp3) is 0.323. The van der Waals surface area contributed by atoms with E-state index in [4.69, 9.17) is 9.60 Å². The molecule has 0 aliphatic heterocycles. The van der Waals surface area contributed by atoms with Gasteiger partial charge in [0.05, 0.1) is 10.8 Å². The lowest BCUT2D eigenvalue weighted by Gasteiger charge is -2.34. The van der Waals surface area contributed by atoms with Crippen LogP contribution < -0.4 is 9.13 Å². The quantitative estimate of drug-likeness (QED) is 0.155. The van der Waals surface area contributed by atoms with Crippen molar-refractivity contribution < 1.29 is 20.1 Å². The van der Waals surface area contributed by atoms with Crippen molar-refractivity contribution in [3.05, 3.63) is 155 Å². The van der Waals surface area contributed by atoms with E-state index in [0.29, 0.717) is 16.5 Å². The number of hydrogen-bond acceptors (Lipinski definition) is 2. The third-order valence-electron chi connectivity index (χ3n) is 14.9. The standard InChI is InChI=1S/C32H34NS.C30H30NS/c1-20-6-9-26(21(2)14-20)29-18-31-28(19-33(29)5)27-16-24-8-7-23(15-25(24)17-30(27)34-31)22-10-12-32(3,4)13-11-22;1-19-9-12-25(20(2)13-19)28-17-30-27(18-31(28)3)26-15-23-11-10-22(21-7-5-4-6-8-21)14-24(23)16-29(26)32-30/h6-9,14-19,22H,10-13H2,1-5H3;9-18,21H,4-8H2,1-3H3/q2*+1/i1D3,22D;1D3,21D. The molecule has 0 radical (unpaired) electrons. The van der Waals surface area contributed by atoms with Crippen LogP contribution in [0.2, 0.25) is 0 Å². The van der Waals surface area contributed by atoms with Crippen LogP contribution >= 0.6 is 22.7 Å². The minimum atomic E-state index is -2.10. The molecule has 0 saturated heterocycles. The second-order valence-electron chi connectivity index (χ2n) is 20.1. The number of rotatable bonds is 4. The van der Waals surface area contributed by atoms with Gasteiger partial charge in [0.15, 0.2) is 12.4 Å². The average Bonchev–Trinajstić information content (AvgIpc) is 3.88. The van der Waals surface area contributed by atoms with E-state index in [2.05, 4.69) is 122 Å². The summed E-state index contributed by atoms with van der Waals surface area (Å²) < 4.78 is 73.9. The summed E-state index contributed by atoms with van der Waals surface area (Å²) in [5.74, 6) is -0.939. The molecule has 0 spiro atoms. The molecule has 2 saturated carbocycles. The van der Waals surface area contributed by atoms with Gasteiger partial charge in [-0.15, -0.1) is 22.7 Å². The molecule has 4 heteroatoms. The zero-order chi connectivity index (χ0) is 52.3. The van der Waals surface area contributed by atoms with Crippen molar-refractivity contribution in [2.45, 2.75) is 111 Å². The Balaban J connectivity index is 0.000000159. The van der Waals surface area contributed by atoms with E-state index in [9.17, 15) is 1.37 Å². The van der Waals surface area contributed by atoms with Gasteiger partial charge in [-0.1, -0.05) is 105 Å². The molecular formula is C62H64N2S2+2. The van der Waals surface area contributed by atoms with E-state index < -0.39 is 25.5 Å². The van der Waals surface area contributed by atoms with Gasteiger partial charge in [-0.2, -0.15) is 0 Å². The predicted octanol–water partition coefficient (Wildman–Crippen LogP) is 17.4. The lowest BCUT2D eigenvalue weighted by molar-refractivity contribution is -0.659. The Morgan fingerprint density at radius 3 is 1.41 bits per heavy atom. The second-order valence-corrected chi connectivity index (χ2v) is 22.3. The SMILES string of the molecule is [2H]C([2H])([2H])c1ccc(-c2cc3sc4cc5cc(C6([2H])CCC(C)(C)CC6)ccc5cc4c3c[n+]2C)c(C)c1.[2H]C([2H])([2H])c1ccc(-c2cc3sc4cc5cc(C6([2H])CCCCC6)ccc5cc4c3c[n+]2C)c(C)c1. The largest absolute Gasteiger partial charge is 0.213 e. The fourth-order valence-electron chi connectivity index (χ4n) is 10.9. The van der Waals surface area contributed by atoms with Crippen LogP contribution in [-0.2, 0) is 14.1 Å². The number of hydrogen-bond donors (Lipinski definition) is 0. The third-order valence-corrected chi connectivity index (χ3v) is 17.1. The normalized spacial score (nSPS) is 19.1. The van der Waals surface area contributed by atoms with Crippen molar-refractivity contribution in [1.82, 2.24) is 0 Å². The molecule has 12 rings (SSSR count). The van der Waals surface area contributed by atoms with E-state index in [0.717, 1.165) is 96.1 Å². The molecule has 2 nitrogen and oxygen atoms in total. The van der Waals surface area contributed by atoms with Crippen LogP contribution in [0.1, 0.15) is 128 Å². The zero-order valence-electron chi connectivity index (χ0n) is 47.1. The summed E-state index contributed by atoms with van der Waals surface area (Å²) in [6.07, 6.45) is 13.9. The number of pyridine rings is 2. The van der Waals surface area contributed by atoms with Gasteiger partial charge in [0.1, 0.15) is 14.1 Å². The number of benzene rings is 6. The van der Waals surface area contributed by atoms with Crippen molar-refractivity contribution >= 4 is 84.6 Å². The molecule has 66 heavy (non-hydrogen) atoms. The highest BCUT2D eigenvalue weighted by Crippen LogP contribution is 2.45. The Labute approximate surface area is 410 Å². The molecule has 0 amide bonds. The number of nitrogens with zero attached hydrogens (tertiary/aromatic N) is 2. The predicted molar refractivity (Wildman–Crippen MR) is 287 cm³/mol. The second kappa shape index (κ2) is 17.0. The molecule has 0 N–H and O–H groups in total. The highest BCUT2D eigenvalue weighted by Gasteiger charge is 2.28. The van der Waals surface area contributed by atoms with Crippen LogP contribution in [-0.4, -0.2) is 0 Å². The fourth-order valence-corrected chi connectivity index (χ4v) is 13.2. The zero-order valence-corrected chi connectivity index (χ0v) is 40.8. The van der Waals surface area contributed by atoms with Crippen LogP contribution in [0.3, 0.4) is 0 Å². The molecule has 4 heterocycles. The van der Waals surface area contributed by atoms with Crippen LogP contribution in [0.5, 0.6) is 0 Å². The van der Waals surface area contributed by atoms with Gasteiger partial charge in [-0.05, 0) is 163 Å². The molecule has 10 aromatic rings. The summed E-state index contributed by atoms with van der Waals surface area (Å²) in [5.41, 5.74) is 9.56. The molecule has 2 aliphatic carbocycles. The van der Waals surface area contributed by atoms with Crippen molar-refractivity contribution in [2.75, 3.05) is 0 Å². The first-order valence-corrected chi connectivity index (χ1v) is 25.4. The molecule has 0 atom stereocenters. The molecule has 2 fully saturated rings. The smallest absolute Gasteiger partial charge is 0.200 e. The summed E-state index contributed by atoms with van der Waals surface area (Å²) in [4.78, 5) is 0. The first kappa shape index (κ1) is 34.8. The number of aryl methyl sites for hydroxylation is 6. The highest BCUT2D eigenvalue weighted by atomic mass is 32.1. The Morgan fingerprint density at radius 2 is 0.955 bits per heavy atom. The summed E-state index contributed by atoms with van der Waals surface area (Å²) >= 11 is 3.60. The van der Waals surface area contributed by atoms with Gasteiger partial charge in [-0.3, -0.25) is 0 Å². The molecule has 6 aromatic carbocycles. The summed E-state index contributed by atoms with van der Waals surface area (Å²) in [5, 5.41) is 9.81. The first-order valence-electron chi connectivity index (χ1n) is 27.8. The lowest BCUT2D eigenvalue weighted by Crippen LogP contribution is -2.30. The molecule has 2 aliphatic rings. The summed E-state index contributed by atoms with van der Waals surface area (Å²) in [6, 6.07) is 37.8. The molecule has 4 aromatic heterocycles. The number of aromatic nitrogens is 2. The van der Waals surface area contributed by atoms with Gasteiger partial charge in [0.2, 0.25) is 11.4 Å². The van der Waals surface area contributed by atoms with Crippen molar-refractivity contribution in [1.29, 1.82) is 0 Å². The van der Waals surface area contributed by atoms with Crippen molar-refractivity contribution in [3.8, 4) is 22.5 Å². The topological polar surface area (TPSA) is 7.76 Å². The van der Waals surface area contributed by atoms with Gasteiger partial charge in [0.25, 0.3) is 0 Å². The maximum absolute atomic E-state index is 9.23. The number of fused-ring (bicyclic) bond motifs is 8.